The molecule has 2 aromatic heterocycles. The molecule has 0 amide bonds. The molecule has 0 saturated carbocycles. The number of nitrogens with one attached hydrogen (secondary N) is 1. The minimum Gasteiger partial charge on any atom is -0.381 e. The maximum Gasteiger partial charge on any atom is 0.231 e. The third-order valence-electron chi connectivity index (χ3n) is 1.21. The highest BCUT2D eigenvalue weighted by Gasteiger charge is 2.01. The summed E-state index contributed by atoms with van der Waals surface area (Å²) in [7, 11) is 0. The van der Waals surface area contributed by atoms with Gasteiger partial charge in [0.05, 0.1) is 11.7 Å². The first-order chi connectivity index (χ1) is 5.84. The molecule has 0 radical (unpaired) electrons. The quantitative estimate of drug-likeness (QED) is 0.735. The fourth-order valence-corrected chi connectivity index (χ4v) is 1.26. The van der Waals surface area contributed by atoms with Gasteiger partial charge in [0.15, 0.2) is 5.82 Å². The van der Waals surface area contributed by atoms with Crippen LogP contribution in [0.25, 0.3) is 0 Å². The van der Waals surface area contributed by atoms with E-state index in [2.05, 4.69) is 15.5 Å². The Kier molecular flexibility index (Phi) is 1.67. The van der Waals surface area contributed by atoms with Crippen LogP contribution in [0.1, 0.15) is 0 Å². The van der Waals surface area contributed by atoms with Crippen LogP contribution in [-0.4, -0.2) is 10.1 Å². The van der Waals surface area contributed by atoms with Crippen molar-refractivity contribution in [2.24, 2.45) is 0 Å². The fraction of sp³-hybridized carbons (Fsp3) is 0. The van der Waals surface area contributed by atoms with Crippen molar-refractivity contribution >= 4 is 28.0 Å². The summed E-state index contributed by atoms with van der Waals surface area (Å²) in [5.74, 6) is 0.888. The van der Waals surface area contributed by atoms with Gasteiger partial charge in [0.25, 0.3) is 0 Å². The number of aromatic nitrogens is 2. The number of rotatable bonds is 2. The summed E-state index contributed by atoms with van der Waals surface area (Å²) in [6.07, 6.45) is 1.70. The highest BCUT2D eigenvalue weighted by Crippen LogP contribution is 2.20. The first-order valence-corrected chi connectivity index (χ1v) is 4.10. The van der Waals surface area contributed by atoms with Crippen LogP contribution in [0.5, 0.6) is 0 Å². The molecule has 0 fully saturated rings. The zero-order valence-corrected chi connectivity index (χ0v) is 6.84. The Balaban J connectivity index is 2.14. The Labute approximate surface area is 72.2 Å². The summed E-state index contributed by atoms with van der Waals surface area (Å²) < 4.78 is 4.83. The molecule has 0 aromatic carbocycles. The van der Waals surface area contributed by atoms with E-state index in [1.807, 2.05) is 0 Å². The zero-order valence-electron chi connectivity index (χ0n) is 6.02. The van der Waals surface area contributed by atoms with E-state index in [4.69, 9.17) is 10.3 Å². The first kappa shape index (κ1) is 7.11. The molecule has 2 aromatic rings. The van der Waals surface area contributed by atoms with Crippen molar-refractivity contribution in [2.45, 2.75) is 0 Å². The van der Waals surface area contributed by atoms with E-state index in [9.17, 15) is 0 Å². The number of hydrogen-bond acceptors (Lipinski definition) is 6. The number of thiazole rings is 1. The van der Waals surface area contributed by atoms with Gasteiger partial charge in [0, 0.05) is 6.07 Å². The Bertz CT molecular complexity index is 355. The number of nitrogens with two attached hydrogens (primary N) is 1. The molecule has 0 atom stereocenters. The predicted octanol–water partition coefficient (Wildman–Crippen LogP) is 1.46. The summed E-state index contributed by atoms with van der Waals surface area (Å²) in [6, 6.07) is 1.61. The lowest BCUT2D eigenvalue weighted by Crippen LogP contribution is -1.83. The molecule has 0 aliphatic carbocycles. The van der Waals surface area contributed by atoms with Gasteiger partial charge in [-0.05, 0) is 0 Å². The number of nitrogen functional groups attached to an aromatic ring is 1. The zero-order chi connectivity index (χ0) is 8.39. The molecule has 0 bridgehead atoms. The van der Waals surface area contributed by atoms with E-state index in [-0.39, 0.29) is 0 Å². The second kappa shape index (κ2) is 2.82. The van der Waals surface area contributed by atoms with Gasteiger partial charge in [-0.2, -0.15) is 0 Å². The van der Waals surface area contributed by atoms with E-state index in [1.54, 1.807) is 17.8 Å². The molecular formula is C6H6N4OS. The van der Waals surface area contributed by atoms with Crippen LogP contribution in [0.3, 0.4) is 0 Å². The van der Waals surface area contributed by atoms with Gasteiger partial charge in [-0.15, -0.1) is 11.3 Å². The maximum absolute atomic E-state index is 5.35. The monoisotopic (exact) mass is 182 g/mol. The minimum atomic E-state index is 0.363. The van der Waals surface area contributed by atoms with Crippen molar-refractivity contribution in [1.29, 1.82) is 0 Å². The van der Waals surface area contributed by atoms with Gasteiger partial charge in [-0.1, -0.05) is 5.16 Å². The molecule has 0 saturated heterocycles. The van der Waals surface area contributed by atoms with Crippen molar-refractivity contribution in [2.75, 3.05) is 11.1 Å². The highest BCUT2D eigenvalue weighted by atomic mass is 32.1. The first-order valence-electron chi connectivity index (χ1n) is 3.22. The van der Waals surface area contributed by atoms with Crippen LogP contribution in [0.4, 0.5) is 16.7 Å². The molecule has 2 heterocycles. The fourth-order valence-electron chi connectivity index (χ4n) is 0.747. The van der Waals surface area contributed by atoms with E-state index in [0.29, 0.717) is 11.7 Å². The molecule has 5 nitrogen and oxygen atoms in total. The molecule has 0 aliphatic heterocycles. The van der Waals surface area contributed by atoms with Crippen LogP contribution in [0.15, 0.2) is 22.3 Å². The number of hydrogen-bond donors (Lipinski definition) is 2. The van der Waals surface area contributed by atoms with E-state index < -0.39 is 0 Å². The second-order valence-corrected chi connectivity index (χ2v) is 2.99. The molecule has 62 valence electrons. The van der Waals surface area contributed by atoms with Gasteiger partial charge in [0.1, 0.15) is 5.00 Å². The van der Waals surface area contributed by atoms with Gasteiger partial charge in [-0.3, -0.25) is 4.98 Å². The van der Waals surface area contributed by atoms with Gasteiger partial charge in [0.2, 0.25) is 5.88 Å². The summed E-state index contributed by atoms with van der Waals surface area (Å²) in [5, 5.41) is 7.37. The lowest BCUT2D eigenvalue weighted by atomic mass is 10.6. The molecule has 0 spiro atoms. The van der Waals surface area contributed by atoms with Crippen LogP contribution in [-0.2, 0) is 0 Å². The summed E-state index contributed by atoms with van der Waals surface area (Å²) in [6.45, 7) is 0. The lowest BCUT2D eigenvalue weighted by Gasteiger charge is -1.92. The van der Waals surface area contributed by atoms with Gasteiger partial charge >= 0.3 is 0 Å². The van der Waals surface area contributed by atoms with Gasteiger partial charge < -0.3 is 15.6 Å². The Morgan fingerprint density at radius 2 is 2.50 bits per heavy atom. The van der Waals surface area contributed by atoms with Crippen LogP contribution in [0.2, 0.25) is 0 Å². The molecule has 0 aliphatic rings. The second-order valence-electron chi connectivity index (χ2n) is 2.11. The lowest BCUT2D eigenvalue weighted by molar-refractivity contribution is 0.439. The van der Waals surface area contributed by atoms with E-state index in [1.165, 1.54) is 11.3 Å². The van der Waals surface area contributed by atoms with Crippen molar-refractivity contribution in [3.05, 3.63) is 17.8 Å². The van der Waals surface area contributed by atoms with Crippen LogP contribution >= 0.6 is 11.3 Å². The third-order valence-corrected chi connectivity index (χ3v) is 1.90. The number of nitrogens with zero attached hydrogens (tertiary/aromatic N) is 2. The van der Waals surface area contributed by atoms with Gasteiger partial charge in [-0.25, -0.2) is 0 Å². The standard InChI is InChI=1S/C6H6N4OS/c7-4-1-5(11-10-4)9-6-2-8-3-12-6/h1-3,9H,(H2,7,10). The molecule has 2 rings (SSSR count). The molecule has 12 heavy (non-hydrogen) atoms. The Morgan fingerprint density at radius 3 is 3.08 bits per heavy atom. The molecular weight excluding hydrogens is 176 g/mol. The summed E-state index contributed by atoms with van der Waals surface area (Å²) in [4.78, 5) is 3.89. The summed E-state index contributed by atoms with van der Waals surface area (Å²) in [5.41, 5.74) is 7.07. The maximum atomic E-state index is 5.35. The van der Waals surface area contributed by atoms with Crippen molar-refractivity contribution in [1.82, 2.24) is 10.1 Å². The minimum absolute atomic E-state index is 0.363. The van der Waals surface area contributed by atoms with E-state index in [0.717, 1.165) is 5.00 Å². The molecule has 0 unspecified atom stereocenters. The predicted molar refractivity (Wildman–Crippen MR) is 46.3 cm³/mol. The van der Waals surface area contributed by atoms with Crippen LogP contribution in [0, 0.1) is 0 Å². The molecule has 6 heteroatoms. The summed E-state index contributed by atoms with van der Waals surface area (Å²) >= 11 is 1.48. The Morgan fingerprint density at radius 1 is 1.58 bits per heavy atom. The average Bonchev–Trinajstić information content (AvgIpc) is 2.63. The smallest absolute Gasteiger partial charge is 0.231 e. The SMILES string of the molecule is Nc1cc(Nc2cncs2)on1. The Hall–Kier alpha value is -1.56. The highest BCUT2D eigenvalue weighted by molar-refractivity contribution is 7.13. The third kappa shape index (κ3) is 1.37. The normalized spacial score (nSPS) is 10.0. The van der Waals surface area contributed by atoms with Crippen molar-refractivity contribution < 1.29 is 4.52 Å². The average molecular weight is 182 g/mol. The van der Waals surface area contributed by atoms with Crippen LogP contribution < -0.4 is 11.1 Å². The van der Waals surface area contributed by atoms with Crippen molar-refractivity contribution in [3.63, 3.8) is 0 Å². The van der Waals surface area contributed by atoms with E-state index >= 15 is 0 Å². The largest absolute Gasteiger partial charge is 0.381 e. The molecule has 3 N–H and O–H groups in total. The number of anilines is 3. The topological polar surface area (TPSA) is 77.0 Å². The van der Waals surface area contributed by atoms with Crippen molar-refractivity contribution in [3.8, 4) is 0 Å².